The zero-order valence-corrected chi connectivity index (χ0v) is 12.2. The number of aromatic nitrogens is 1. The molecule has 116 valence electrons. The second kappa shape index (κ2) is 7.35. The van der Waals surface area contributed by atoms with Crippen molar-refractivity contribution in [3.05, 3.63) is 42.2 Å². The summed E-state index contributed by atoms with van der Waals surface area (Å²) in [7, 11) is 0. The summed E-state index contributed by atoms with van der Waals surface area (Å²) in [6.45, 7) is 5.84. The monoisotopic (exact) mass is 302 g/mol. The van der Waals surface area contributed by atoms with Crippen LogP contribution in [0.5, 0.6) is 0 Å². The summed E-state index contributed by atoms with van der Waals surface area (Å²) in [4.78, 5) is 42.2. The van der Waals surface area contributed by atoms with Crippen LogP contribution in [0.15, 0.2) is 31.0 Å². The number of hydrogen-bond donors (Lipinski definition) is 1. The van der Waals surface area contributed by atoms with Crippen LogP contribution < -0.4 is 5.32 Å². The normalized spacial score (nSPS) is 14.4. The maximum Gasteiger partial charge on any atom is 0.272 e. The van der Waals surface area contributed by atoms with Gasteiger partial charge < -0.3 is 15.1 Å². The molecule has 0 aliphatic carbocycles. The fraction of sp³-hybridized carbons (Fsp3) is 0.333. The van der Waals surface area contributed by atoms with Crippen LogP contribution >= 0.6 is 0 Å². The van der Waals surface area contributed by atoms with Gasteiger partial charge in [0, 0.05) is 44.5 Å². The van der Waals surface area contributed by atoms with E-state index >= 15 is 0 Å². The molecule has 22 heavy (non-hydrogen) atoms. The Morgan fingerprint density at radius 1 is 1.32 bits per heavy atom. The molecule has 2 heterocycles. The largest absolute Gasteiger partial charge is 0.349 e. The van der Waals surface area contributed by atoms with Crippen molar-refractivity contribution in [1.29, 1.82) is 0 Å². The Hall–Kier alpha value is -2.70. The van der Waals surface area contributed by atoms with Gasteiger partial charge >= 0.3 is 0 Å². The van der Waals surface area contributed by atoms with E-state index in [9.17, 15) is 14.4 Å². The van der Waals surface area contributed by atoms with Crippen molar-refractivity contribution in [2.45, 2.75) is 0 Å². The van der Waals surface area contributed by atoms with E-state index in [0.717, 1.165) is 6.41 Å². The van der Waals surface area contributed by atoms with Gasteiger partial charge in [-0.05, 0) is 12.1 Å². The molecule has 0 unspecified atom stereocenters. The van der Waals surface area contributed by atoms with Gasteiger partial charge in [0.2, 0.25) is 6.41 Å². The summed E-state index contributed by atoms with van der Waals surface area (Å²) in [5.74, 6) is -0.508. The third-order valence-electron chi connectivity index (χ3n) is 3.40. The van der Waals surface area contributed by atoms with Crippen LogP contribution in [0.2, 0.25) is 0 Å². The molecule has 0 spiro atoms. The van der Waals surface area contributed by atoms with Crippen LogP contribution in [0.25, 0.3) is 0 Å². The maximum atomic E-state index is 12.4. The SMILES string of the molecule is C=CCNC(=O)c1ccnc(C(=O)N2CCN(C=O)CC2)c1. The molecular weight excluding hydrogens is 284 g/mol. The first-order valence-electron chi connectivity index (χ1n) is 6.99. The van der Waals surface area contributed by atoms with Crippen molar-refractivity contribution in [3.63, 3.8) is 0 Å². The number of carbonyl (C=O) groups excluding carboxylic acids is 3. The summed E-state index contributed by atoms with van der Waals surface area (Å²) >= 11 is 0. The van der Waals surface area contributed by atoms with Crippen LogP contribution in [0.4, 0.5) is 0 Å². The summed E-state index contributed by atoms with van der Waals surface area (Å²) in [6.07, 6.45) is 3.81. The molecule has 0 atom stereocenters. The minimum absolute atomic E-state index is 0.228. The Balaban J connectivity index is 2.05. The van der Waals surface area contributed by atoms with E-state index in [-0.39, 0.29) is 17.5 Å². The number of carbonyl (C=O) groups is 3. The van der Waals surface area contributed by atoms with Gasteiger partial charge in [0.15, 0.2) is 0 Å². The van der Waals surface area contributed by atoms with Crippen molar-refractivity contribution in [1.82, 2.24) is 20.1 Å². The molecule has 3 amide bonds. The van der Waals surface area contributed by atoms with Gasteiger partial charge in [-0.1, -0.05) is 6.08 Å². The van der Waals surface area contributed by atoms with Crippen molar-refractivity contribution in [2.24, 2.45) is 0 Å². The number of nitrogens with one attached hydrogen (secondary N) is 1. The first-order valence-corrected chi connectivity index (χ1v) is 6.99. The number of nitrogens with zero attached hydrogens (tertiary/aromatic N) is 3. The first-order chi connectivity index (χ1) is 10.7. The van der Waals surface area contributed by atoms with E-state index in [4.69, 9.17) is 0 Å². The number of amides is 3. The summed E-state index contributed by atoms with van der Waals surface area (Å²) in [5, 5.41) is 2.65. The lowest BCUT2D eigenvalue weighted by molar-refractivity contribution is -0.119. The average molecular weight is 302 g/mol. The summed E-state index contributed by atoms with van der Waals surface area (Å²) < 4.78 is 0. The van der Waals surface area contributed by atoms with E-state index in [1.807, 2.05) is 0 Å². The molecule has 0 radical (unpaired) electrons. The molecule has 1 aromatic rings. The standard InChI is InChI=1S/C15H18N4O3/c1-2-4-17-14(21)12-3-5-16-13(10-12)15(22)19-8-6-18(11-20)7-9-19/h2-3,5,10-11H,1,4,6-9H2,(H,17,21). The lowest BCUT2D eigenvalue weighted by Crippen LogP contribution is -2.48. The molecule has 1 aliphatic rings. The molecule has 1 aromatic heterocycles. The minimum Gasteiger partial charge on any atom is -0.349 e. The second-order valence-electron chi connectivity index (χ2n) is 4.86. The van der Waals surface area contributed by atoms with E-state index in [0.29, 0.717) is 38.3 Å². The predicted molar refractivity (Wildman–Crippen MR) is 80.3 cm³/mol. The fourth-order valence-corrected chi connectivity index (χ4v) is 2.15. The molecule has 1 saturated heterocycles. The Bertz CT molecular complexity index is 580. The van der Waals surface area contributed by atoms with Crippen LogP contribution in [0.1, 0.15) is 20.8 Å². The number of rotatable bonds is 5. The average Bonchev–Trinajstić information content (AvgIpc) is 2.59. The molecular formula is C15H18N4O3. The molecule has 2 rings (SSSR count). The Labute approximate surface area is 128 Å². The second-order valence-corrected chi connectivity index (χ2v) is 4.86. The van der Waals surface area contributed by atoms with Crippen molar-refractivity contribution >= 4 is 18.2 Å². The maximum absolute atomic E-state index is 12.4. The zero-order valence-electron chi connectivity index (χ0n) is 12.2. The Kier molecular flexibility index (Phi) is 5.24. The number of piperazine rings is 1. The van der Waals surface area contributed by atoms with E-state index < -0.39 is 0 Å². The van der Waals surface area contributed by atoms with Gasteiger partial charge in [0.25, 0.3) is 11.8 Å². The van der Waals surface area contributed by atoms with Gasteiger partial charge in [0.1, 0.15) is 5.69 Å². The minimum atomic E-state index is -0.276. The van der Waals surface area contributed by atoms with Crippen LogP contribution in [-0.2, 0) is 4.79 Å². The quantitative estimate of drug-likeness (QED) is 0.609. The third-order valence-corrected chi connectivity index (χ3v) is 3.40. The van der Waals surface area contributed by atoms with Crippen LogP contribution in [-0.4, -0.2) is 65.7 Å². The molecule has 1 aliphatic heterocycles. The van der Waals surface area contributed by atoms with Gasteiger partial charge in [-0.3, -0.25) is 19.4 Å². The summed E-state index contributed by atoms with van der Waals surface area (Å²) in [5.41, 5.74) is 0.609. The van der Waals surface area contributed by atoms with E-state index in [1.165, 1.54) is 12.3 Å². The highest BCUT2D eigenvalue weighted by atomic mass is 16.2. The first kappa shape index (κ1) is 15.7. The van der Waals surface area contributed by atoms with Crippen molar-refractivity contribution in [3.8, 4) is 0 Å². The predicted octanol–water partition coefficient (Wildman–Crippen LogP) is -0.0884. The number of hydrogen-bond acceptors (Lipinski definition) is 4. The van der Waals surface area contributed by atoms with Gasteiger partial charge in [0.05, 0.1) is 0 Å². The van der Waals surface area contributed by atoms with Crippen molar-refractivity contribution in [2.75, 3.05) is 32.7 Å². The lowest BCUT2D eigenvalue weighted by atomic mass is 10.2. The molecule has 0 saturated carbocycles. The molecule has 7 heteroatoms. The van der Waals surface area contributed by atoms with Gasteiger partial charge in [-0.2, -0.15) is 0 Å². The molecule has 7 nitrogen and oxygen atoms in total. The fourth-order valence-electron chi connectivity index (χ4n) is 2.15. The molecule has 0 aromatic carbocycles. The van der Waals surface area contributed by atoms with Gasteiger partial charge in [-0.15, -0.1) is 6.58 Å². The Morgan fingerprint density at radius 3 is 2.68 bits per heavy atom. The van der Waals surface area contributed by atoms with E-state index in [2.05, 4.69) is 16.9 Å². The van der Waals surface area contributed by atoms with Gasteiger partial charge in [-0.25, -0.2) is 0 Å². The van der Waals surface area contributed by atoms with Crippen LogP contribution in [0, 0.1) is 0 Å². The van der Waals surface area contributed by atoms with E-state index in [1.54, 1.807) is 21.9 Å². The molecule has 1 N–H and O–H groups in total. The highest BCUT2D eigenvalue weighted by Gasteiger charge is 2.22. The number of pyridine rings is 1. The topological polar surface area (TPSA) is 82.6 Å². The molecule has 0 bridgehead atoms. The third kappa shape index (κ3) is 3.69. The highest BCUT2D eigenvalue weighted by molar-refractivity contribution is 5.98. The summed E-state index contributed by atoms with van der Waals surface area (Å²) in [6, 6.07) is 3.03. The van der Waals surface area contributed by atoms with Crippen molar-refractivity contribution < 1.29 is 14.4 Å². The Morgan fingerprint density at radius 2 is 2.05 bits per heavy atom. The molecule has 1 fully saturated rings. The zero-order chi connectivity index (χ0) is 15.9. The van der Waals surface area contributed by atoms with Crippen LogP contribution in [0.3, 0.4) is 0 Å². The lowest BCUT2D eigenvalue weighted by Gasteiger charge is -2.32. The smallest absolute Gasteiger partial charge is 0.272 e. The highest BCUT2D eigenvalue weighted by Crippen LogP contribution is 2.08.